The van der Waals surface area contributed by atoms with Crippen molar-refractivity contribution in [2.45, 2.75) is 57.5 Å². The zero-order valence-electron chi connectivity index (χ0n) is 9.41. The number of hydrogen-bond acceptors (Lipinski definition) is 2. The van der Waals surface area contributed by atoms with Crippen LogP contribution in [0, 0.1) is 5.92 Å². The van der Waals surface area contributed by atoms with E-state index in [9.17, 15) is 0 Å². The average molecular weight is 196 g/mol. The molecule has 0 radical (unpaired) electrons. The molecule has 0 aromatic rings. The molecular formula is C12H24N2. The fourth-order valence-corrected chi connectivity index (χ4v) is 3.04. The van der Waals surface area contributed by atoms with Crippen molar-refractivity contribution in [2.75, 3.05) is 13.1 Å². The van der Waals surface area contributed by atoms with Crippen molar-refractivity contribution in [2.24, 2.45) is 11.7 Å². The fraction of sp³-hybridized carbons (Fsp3) is 1.00. The molecule has 2 rings (SSSR count). The highest BCUT2D eigenvalue weighted by molar-refractivity contribution is 4.89. The summed E-state index contributed by atoms with van der Waals surface area (Å²) in [6, 6.07) is 1.17. The summed E-state index contributed by atoms with van der Waals surface area (Å²) in [5.74, 6) is 0.928. The molecule has 0 spiro atoms. The Labute approximate surface area is 87.8 Å². The summed E-state index contributed by atoms with van der Waals surface area (Å²) in [5.41, 5.74) is 6.15. The molecule has 3 unspecified atom stereocenters. The van der Waals surface area contributed by atoms with Gasteiger partial charge in [-0.1, -0.05) is 13.3 Å². The summed E-state index contributed by atoms with van der Waals surface area (Å²) >= 11 is 0. The second kappa shape index (κ2) is 4.63. The summed E-state index contributed by atoms with van der Waals surface area (Å²) in [5, 5.41) is 0. The van der Waals surface area contributed by atoms with Crippen LogP contribution in [0.1, 0.15) is 45.4 Å². The van der Waals surface area contributed by atoms with Crippen LogP contribution in [0.3, 0.4) is 0 Å². The average Bonchev–Trinajstić information content (AvgIpc) is 2.46. The molecule has 1 aliphatic heterocycles. The van der Waals surface area contributed by atoms with E-state index in [0.717, 1.165) is 5.92 Å². The van der Waals surface area contributed by atoms with E-state index >= 15 is 0 Å². The van der Waals surface area contributed by atoms with Gasteiger partial charge in [-0.2, -0.15) is 0 Å². The van der Waals surface area contributed by atoms with E-state index in [1.807, 2.05) is 0 Å². The Morgan fingerprint density at radius 3 is 2.57 bits per heavy atom. The first-order valence-corrected chi connectivity index (χ1v) is 6.27. The Morgan fingerprint density at radius 1 is 1.00 bits per heavy atom. The molecule has 2 aliphatic rings. The van der Waals surface area contributed by atoms with E-state index in [1.54, 1.807) is 0 Å². The van der Waals surface area contributed by atoms with Gasteiger partial charge in [-0.05, 0) is 51.1 Å². The van der Waals surface area contributed by atoms with Gasteiger partial charge in [0.15, 0.2) is 0 Å². The van der Waals surface area contributed by atoms with Crippen LogP contribution in [0.25, 0.3) is 0 Å². The van der Waals surface area contributed by atoms with E-state index in [1.165, 1.54) is 51.6 Å². The van der Waals surface area contributed by atoms with Gasteiger partial charge >= 0.3 is 0 Å². The first kappa shape index (κ1) is 10.4. The molecule has 0 amide bonds. The third-order valence-electron chi connectivity index (χ3n) is 4.05. The number of likely N-dealkylation sites (tertiary alicyclic amines) is 1. The van der Waals surface area contributed by atoms with Crippen molar-refractivity contribution in [3.63, 3.8) is 0 Å². The summed E-state index contributed by atoms with van der Waals surface area (Å²) < 4.78 is 0. The minimum absolute atomic E-state index is 0.461. The van der Waals surface area contributed by atoms with Gasteiger partial charge < -0.3 is 5.73 Å². The van der Waals surface area contributed by atoms with Crippen LogP contribution in [0.2, 0.25) is 0 Å². The number of rotatable bonds is 1. The Kier molecular flexibility index (Phi) is 3.45. The minimum atomic E-state index is 0.461. The smallest absolute Gasteiger partial charge is 0.0247 e. The van der Waals surface area contributed by atoms with Crippen LogP contribution >= 0.6 is 0 Å². The molecular weight excluding hydrogens is 172 g/mol. The normalized spacial score (nSPS) is 41.1. The molecule has 2 heteroatoms. The first-order chi connectivity index (χ1) is 6.77. The van der Waals surface area contributed by atoms with Gasteiger partial charge in [-0.15, -0.1) is 0 Å². The maximum Gasteiger partial charge on any atom is 0.0247 e. The van der Waals surface area contributed by atoms with Crippen LogP contribution in [-0.2, 0) is 0 Å². The van der Waals surface area contributed by atoms with Crippen molar-refractivity contribution < 1.29 is 0 Å². The van der Waals surface area contributed by atoms with E-state index < -0.39 is 0 Å². The van der Waals surface area contributed by atoms with E-state index in [2.05, 4.69) is 11.8 Å². The van der Waals surface area contributed by atoms with Crippen molar-refractivity contribution in [3.8, 4) is 0 Å². The van der Waals surface area contributed by atoms with E-state index in [4.69, 9.17) is 5.73 Å². The SMILES string of the molecule is CC1CCCN(C2CCCC2N)CC1. The van der Waals surface area contributed by atoms with Crippen molar-refractivity contribution in [1.82, 2.24) is 4.90 Å². The highest BCUT2D eigenvalue weighted by Gasteiger charge is 2.30. The van der Waals surface area contributed by atoms with Gasteiger partial charge in [0.2, 0.25) is 0 Å². The molecule has 0 aromatic heterocycles. The molecule has 3 atom stereocenters. The van der Waals surface area contributed by atoms with E-state index in [0.29, 0.717) is 12.1 Å². The third-order valence-corrected chi connectivity index (χ3v) is 4.05. The quantitative estimate of drug-likeness (QED) is 0.695. The molecule has 0 bridgehead atoms. The number of nitrogens with zero attached hydrogens (tertiary/aromatic N) is 1. The monoisotopic (exact) mass is 196 g/mol. The summed E-state index contributed by atoms with van der Waals surface area (Å²) in [6.07, 6.45) is 8.11. The molecule has 1 saturated heterocycles. The Balaban J connectivity index is 1.90. The second-order valence-electron chi connectivity index (χ2n) is 5.23. The lowest BCUT2D eigenvalue weighted by atomic mass is 10.0. The maximum atomic E-state index is 6.15. The Bertz CT molecular complexity index is 181. The third kappa shape index (κ3) is 2.29. The van der Waals surface area contributed by atoms with Gasteiger partial charge in [0.05, 0.1) is 0 Å². The fourth-order valence-electron chi connectivity index (χ4n) is 3.04. The van der Waals surface area contributed by atoms with Crippen LogP contribution in [-0.4, -0.2) is 30.1 Å². The van der Waals surface area contributed by atoms with Crippen LogP contribution < -0.4 is 5.73 Å². The van der Waals surface area contributed by atoms with Gasteiger partial charge in [0, 0.05) is 12.1 Å². The highest BCUT2D eigenvalue weighted by atomic mass is 15.2. The van der Waals surface area contributed by atoms with Crippen molar-refractivity contribution in [1.29, 1.82) is 0 Å². The second-order valence-corrected chi connectivity index (χ2v) is 5.23. The zero-order valence-corrected chi connectivity index (χ0v) is 9.41. The molecule has 2 N–H and O–H groups in total. The summed E-state index contributed by atoms with van der Waals surface area (Å²) in [6.45, 7) is 4.97. The molecule has 14 heavy (non-hydrogen) atoms. The highest BCUT2D eigenvalue weighted by Crippen LogP contribution is 2.26. The molecule has 82 valence electrons. The van der Waals surface area contributed by atoms with Crippen LogP contribution in [0.4, 0.5) is 0 Å². The largest absolute Gasteiger partial charge is 0.326 e. The molecule has 2 fully saturated rings. The number of hydrogen-bond donors (Lipinski definition) is 1. The van der Waals surface area contributed by atoms with Gasteiger partial charge in [0.1, 0.15) is 0 Å². The van der Waals surface area contributed by atoms with Gasteiger partial charge in [0.25, 0.3) is 0 Å². The molecule has 2 nitrogen and oxygen atoms in total. The zero-order chi connectivity index (χ0) is 9.97. The predicted octanol–water partition coefficient (Wildman–Crippen LogP) is 1.99. The molecule has 1 aliphatic carbocycles. The molecule has 1 saturated carbocycles. The van der Waals surface area contributed by atoms with Gasteiger partial charge in [-0.25, -0.2) is 0 Å². The van der Waals surface area contributed by atoms with E-state index in [-0.39, 0.29) is 0 Å². The lowest BCUT2D eigenvalue weighted by Gasteiger charge is -2.30. The molecule has 1 heterocycles. The van der Waals surface area contributed by atoms with Crippen LogP contribution in [0.5, 0.6) is 0 Å². The minimum Gasteiger partial charge on any atom is -0.326 e. The standard InChI is InChI=1S/C12H24N2/c1-10-4-3-8-14(9-7-10)12-6-2-5-11(12)13/h10-12H,2-9,13H2,1H3. The van der Waals surface area contributed by atoms with Crippen molar-refractivity contribution >= 4 is 0 Å². The first-order valence-electron chi connectivity index (χ1n) is 6.27. The maximum absolute atomic E-state index is 6.15. The van der Waals surface area contributed by atoms with Crippen LogP contribution in [0.15, 0.2) is 0 Å². The molecule has 0 aromatic carbocycles. The topological polar surface area (TPSA) is 29.3 Å². The Hall–Kier alpha value is -0.0800. The predicted molar refractivity (Wildman–Crippen MR) is 60.2 cm³/mol. The lowest BCUT2D eigenvalue weighted by molar-refractivity contribution is 0.190. The Morgan fingerprint density at radius 2 is 1.86 bits per heavy atom. The number of nitrogens with two attached hydrogens (primary N) is 1. The lowest BCUT2D eigenvalue weighted by Crippen LogP contribution is -2.44. The van der Waals surface area contributed by atoms with Crippen molar-refractivity contribution in [3.05, 3.63) is 0 Å². The summed E-state index contributed by atoms with van der Waals surface area (Å²) in [7, 11) is 0. The van der Waals surface area contributed by atoms with Gasteiger partial charge in [-0.3, -0.25) is 4.90 Å². The summed E-state index contributed by atoms with van der Waals surface area (Å²) in [4.78, 5) is 2.67.